The fourth-order valence-electron chi connectivity index (χ4n) is 1.92. The largest absolute Gasteiger partial charge is 0.452 e. The summed E-state index contributed by atoms with van der Waals surface area (Å²) in [5.74, 6) is -1.08. The van der Waals surface area contributed by atoms with Crippen molar-refractivity contribution in [1.82, 2.24) is 9.19 Å². The quantitative estimate of drug-likeness (QED) is 0.738. The molecule has 112 valence electrons. The van der Waals surface area contributed by atoms with E-state index in [1.54, 1.807) is 42.5 Å². The molecule has 3 rings (SSSR count). The molecule has 0 unspecified atom stereocenters. The van der Waals surface area contributed by atoms with Crippen molar-refractivity contribution in [2.24, 2.45) is 0 Å². The van der Waals surface area contributed by atoms with Crippen molar-refractivity contribution in [2.45, 2.75) is 11.8 Å². The topological polar surface area (TPSA) is 82.2 Å². The maximum absolute atomic E-state index is 12.5. The summed E-state index contributed by atoms with van der Waals surface area (Å²) >= 11 is 0. The molecular weight excluding hydrogens is 304 g/mol. The van der Waals surface area contributed by atoms with E-state index in [9.17, 15) is 13.2 Å². The van der Waals surface area contributed by atoms with Gasteiger partial charge in [0.05, 0.1) is 4.90 Å². The zero-order valence-electron chi connectivity index (χ0n) is 11.6. The third-order valence-electron chi connectivity index (χ3n) is 3.09. The lowest BCUT2D eigenvalue weighted by Gasteiger charge is -2.02. The van der Waals surface area contributed by atoms with Crippen molar-refractivity contribution < 1.29 is 12.8 Å². The molecule has 22 heavy (non-hydrogen) atoms. The first-order valence-electron chi connectivity index (χ1n) is 6.46. The summed E-state index contributed by atoms with van der Waals surface area (Å²) in [6.07, 6.45) is 0. The highest BCUT2D eigenvalue weighted by Gasteiger charge is 2.23. The molecule has 3 aromatic rings. The van der Waals surface area contributed by atoms with E-state index in [1.807, 2.05) is 6.92 Å². The second-order valence-corrected chi connectivity index (χ2v) is 6.47. The van der Waals surface area contributed by atoms with Crippen molar-refractivity contribution in [2.75, 3.05) is 0 Å². The molecule has 0 N–H and O–H groups in total. The standard InChI is InChI=1S/C15H12N2O4S/c1-11-7-9-13(10-8-11)22(19,20)17-15(18)21-14(16-17)12-5-3-2-4-6-12/h2-10H,1H3. The molecule has 0 aliphatic rings. The van der Waals surface area contributed by atoms with E-state index >= 15 is 0 Å². The molecular formula is C15H12N2O4S. The zero-order valence-corrected chi connectivity index (χ0v) is 12.4. The van der Waals surface area contributed by atoms with Gasteiger partial charge in [0.2, 0.25) is 0 Å². The highest BCUT2D eigenvalue weighted by molar-refractivity contribution is 7.89. The smallest absolute Gasteiger partial charge is 0.387 e. The van der Waals surface area contributed by atoms with Crippen LogP contribution in [0.2, 0.25) is 0 Å². The molecule has 1 aromatic heterocycles. The van der Waals surface area contributed by atoms with Gasteiger partial charge in [0.1, 0.15) is 0 Å². The minimum atomic E-state index is -4.07. The number of benzene rings is 2. The zero-order chi connectivity index (χ0) is 15.7. The average Bonchev–Trinajstić information content (AvgIpc) is 2.91. The lowest BCUT2D eigenvalue weighted by atomic mass is 10.2. The van der Waals surface area contributed by atoms with Gasteiger partial charge in [-0.15, -0.1) is 5.10 Å². The van der Waals surface area contributed by atoms with Crippen LogP contribution in [0.4, 0.5) is 0 Å². The number of hydrogen-bond acceptors (Lipinski definition) is 5. The summed E-state index contributed by atoms with van der Waals surface area (Å²) in [4.78, 5) is 11.8. The lowest BCUT2D eigenvalue weighted by Crippen LogP contribution is -2.25. The molecule has 0 radical (unpaired) electrons. The van der Waals surface area contributed by atoms with E-state index in [2.05, 4.69) is 5.10 Å². The number of aryl methyl sites for hydroxylation is 1. The van der Waals surface area contributed by atoms with Crippen LogP contribution in [0.1, 0.15) is 5.56 Å². The minimum Gasteiger partial charge on any atom is -0.387 e. The van der Waals surface area contributed by atoms with Gasteiger partial charge in [-0.2, -0.15) is 8.42 Å². The van der Waals surface area contributed by atoms with Crippen LogP contribution in [-0.2, 0) is 10.0 Å². The van der Waals surface area contributed by atoms with Crippen molar-refractivity contribution in [1.29, 1.82) is 0 Å². The van der Waals surface area contributed by atoms with Gasteiger partial charge in [-0.05, 0) is 31.2 Å². The molecule has 0 saturated carbocycles. The number of nitrogens with zero attached hydrogens (tertiary/aromatic N) is 2. The van der Waals surface area contributed by atoms with Crippen LogP contribution < -0.4 is 5.76 Å². The van der Waals surface area contributed by atoms with Crippen LogP contribution in [0.25, 0.3) is 11.5 Å². The van der Waals surface area contributed by atoms with Crippen LogP contribution in [0.15, 0.2) is 68.7 Å². The summed E-state index contributed by atoms with van der Waals surface area (Å²) in [5, 5.41) is 3.80. The molecule has 1 heterocycles. The monoisotopic (exact) mass is 316 g/mol. The Morgan fingerprint density at radius 1 is 1.00 bits per heavy atom. The molecule has 0 bridgehead atoms. The first-order chi connectivity index (χ1) is 10.5. The molecule has 2 aromatic carbocycles. The fourth-order valence-corrected chi connectivity index (χ4v) is 3.02. The van der Waals surface area contributed by atoms with E-state index in [1.165, 1.54) is 12.1 Å². The summed E-state index contributed by atoms with van der Waals surface area (Å²) in [6.45, 7) is 1.84. The molecule has 0 aliphatic carbocycles. The lowest BCUT2D eigenvalue weighted by molar-refractivity contribution is 0.514. The van der Waals surface area contributed by atoms with E-state index in [0.29, 0.717) is 9.65 Å². The van der Waals surface area contributed by atoms with Gasteiger partial charge in [0.15, 0.2) is 0 Å². The van der Waals surface area contributed by atoms with Gasteiger partial charge >= 0.3 is 5.76 Å². The van der Waals surface area contributed by atoms with E-state index in [-0.39, 0.29) is 10.8 Å². The van der Waals surface area contributed by atoms with Crippen LogP contribution in [-0.4, -0.2) is 17.6 Å². The van der Waals surface area contributed by atoms with Crippen molar-refractivity contribution in [3.63, 3.8) is 0 Å². The Morgan fingerprint density at radius 3 is 2.27 bits per heavy atom. The summed E-state index contributed by atoms with van der Waals surface area (Å²) in [5.41, 5.74) is 1.44. The normalized spacial score (nSPS) is 11.5. The Balaban J connectivity index is 2.11. The van der Waals surface area contributed by atoms with Crippen molar-refractivity contribution >= 4 is 10.0 Å². The van der Waals surface area contributed by atoms with Crippen LogP contribution in [0, 0.1) is 6.92 Å². The molecule has 0 fully saturated rings. The van der Waals surface area contributed by atoms with Crippen molar-refractivity contribution in [3.05, 3.63) is 70.7 Å². The molecule has 7 heteroatoms. The van der Waals surface area contributed by atoms with Gasteiger partial charge in [0, 0.05) is 5.56 Å². The molecule has 0 amide bonds. The first kappa shape index (κ1) is 14.3. The van der Waals surface area contributed by atoms with E-state index in [0.717, 1.165) is 5.56 Å². The van der Waals surface area contributed by atoms with Crippen LogP contribution in [0.3, 0.4) is 0 Å². The summed E-state index contributed by atoms with van der Waals surface area (Å²) in [7, 11) is -4.07. The number of hydrogen-bond donors (Lipinski definition) is 0. The third kappa shape index (κ3) is 2.46. The first-order valence-corrected chi connectivity index (χ1v) is 7.90. The maximum Gasteiger partial charge on any atom is 0.452 e. The summed E-state index contributed by atoms with van der Waals surface area (Å²) in [6, 6.07) is 14.8. The Kier molecular flexibility index (Phi) is 3.42. The van der Waals surface area contributed by atoms with Crippen molar-refractivity contribution in [3.8, 4) is 11.5 Å². The SMILES string of the molecule is Cc1ccc(S(=O)(=O)n2nc(-c3ccccc3)oc2=O)cc1. The van der Waals surface area contributed by atoms with Gasteiger partial charge < -0.3 is 4.42 Å². The second kappa shape index (κ2) is 5.27. The Hall–Kier alpha value is -2.67. The van der Waals surface area contributed by atoms with Gasteiger partial charge in [0.25, 0.3) is 15.9 Å². The Bertz CT molecular complexity index is 955. The highest BCUT2D eigenvalue weighted by Crippen LogP contribution is 2.17. The second-order valence-electron chi connectivity index (χ2n) is 4.70. The van der Waals surface area contributed by atoms with Gasteiger partial charge in [-0.1, -0.05) is 40.0 Å². The maximum atomic E-state index is 12.5. The molecule has 0 spiro atoms. The van der Waals surface area contributed by atoms with E-state index in [4.69, 9.17) is 4.42 Å². The van der Waals surface area contributed by atoms with Gasteiger partial charge in [-0.3, -0.25) is 0 Å². The minimum absolute atomic E-state index is 0.0203. The van der Waals surface area contributed by atoms with Crippen LogP contribution in [0.5, 0.6) is 0 Å². The highest BCUT2D eigenvalue weighted by atomic mass is 32.2. The fraction of sp³-hybridized carbons (Fsp3) is 0.0667. The number of aromatic nitrogens is 2. The third-order valence-corrected chi connectivity index (χ3v) is 4.64. The molecule has 0 aliphatic heterocycles. The molecule has 0 saturated heterocycles. The van der Waals surface area contributed by atoms with Crippen LogP contribution >= 0.6 is 0 Å². The molecule has 0 atom stereocenters. The average molecular weight is 316 g/mol. The number of rotatable bonds is 3. The van der Waals surface area contributed by atoms with E-state index < -0.39 is 15.8 Å². The van der Waals surface area contributed by atoms with Gasteiger partial charge in [-0.25, -0.2) is 4.79 Å². The summed E-state index contributed by atoms with van der Waals surface area (Å²) < 4.78 is 30.2. The predicted octanol–water partition coefficient (Wildman–Crippen LogP) is 2.05. The Morgan fingerprint density at radius 2 is 1.64 bits per heavy atom. The molecule has 6 nitrogen and oxygen atoms in total. The Labute approximate surface area is 126 Å². The predicted molar refractivity (Wildman–Crippen MR) is 80.0 cm³/mol.